The average Bonchev–Trinajstić information content (AvgIpc) is 2.56. The number of hydrogen-bond donors (Lipinski definition) is 0. The van der Waals surface area contributed by atoms with E-state index in [0.29, 0.717) is 36.2 Å². The molecule has 0 saturated heterocycles. The maximum Gasteiger partial charge on any atom is 0.344 e. The minimum absolute atomic E-state index is 0.215. The molecule has 0 aliphatic carbocycles. The zero-order valence-electron chi connectivity index (χ0n) is 15.3. The molecule has 6 heteroatoms. The van der Waals surface area contributed by atoms with E-state index in [2.05, 4.69) is 0 Å². The number of ether oxygens (including phenoxy) is 2. The maximum absolute atomic E-state index is 12.3. The van der Waals surface area contributed by atoms with Crippen molar-refractivity contribution in [3.63, 3.8) is 0 Å². The third-order valence-electron chi connectivity index (χ3n) is 3.23. The fraction of sp³-hybridized carbons (Fsp3) is 0.526. The van der Waals surface area contributed by atoms with Gasteiger partial charge in [0.25, 0.3) is 5.91 Å². The van der Waals surface area contributed by atoms with E-state index in [1.807, 2.05) is 33.8 Å². The first-order valence-corrected chi connectivity index (χ1v) is 8.38. The van der Waals surface area contributed by atoms with E-state index in [4.69, 9.17) is 14.7 Å². The largest absolute Gasteiger partial charge is 0.481 e. The Morgan fingerprint density at radius 3 is 2.24 bits per heavy atom. The standard InChI is InChI=1S/C19H26N2O4/c1-14(2)10-21(11-15(3)4)18(22)12-25-19(23)13-24-17-8-6-5-7-16(17)9-20/h5-8,14-15H,10-13H2,1-4H3. The Labute approximate surface area is 149 Å². The second-order valence-electron chi connectivity index (χ2n) is 6.64. The van der Waals surface area contributed by atoms with Crippen LogP contribution >= 0.6 is 0 Å². The van der Waals surface area contributed by atoms with Crippen LogP contribution in [0.15, 0.2) is 24.3 Å². The van der Waals surface area contributed by atoms with Crippen LogP contribution in [-0.4, -0.2) is 43.1 Å². The fourth-order valence-electron chi connectivity index (χ4n) is 2.26. The van der Waals surface area contributed by atoms with Crippen LogP contribution in [0, 0.1) is 23.2 Å². The average molecular weight is 346 g/mol. The van der Waals surface area contributed by atoms with Gasteiger partial charge in [-0.05, 0) is 24.0 Å². The van der Waals surface area contributed by atoms with Gasteiger partial charge in [-0.25, -0.2) is 4.79 Å². The summed E-state index contributed by atoms with van der Waals surface area (Å²) in [6.45, 7) is 8.74. The van der Waals surface area contributed by atoms with E-state index in [1.165, 1.54) is 0 Å². The van der Waals surface area contributed by atoms with Crippen LogP contribution in [0.2, 0.25) is 0 Å². The zero-order chi connectivity index (χ0) is 18.8. The van der Waals surface area contributed by atoms with Crippen molar-refractivity contribution in [3.05, 3.63) is 29.8 Å². The van der Waals surface area contributed by atoms with Gasteiger partial charge in [0.1, 0.15) is 11.8 Å². The lowest BCUT2D eigenvalue weighted by molar-refractivity contribution is -0.154. The Bertz CT molecular complexity index is 610. The molecule has 25 heavy (non-hydrogen) atoms. The van der Waals surface area contributed by atoms with Crippen molar-refractivity contribution in [3.8, 4) is 11.8 Å². The number of carbonyl (C=O) groups excluding carboxylic acids is 2. The summed E-state index contributed by atoms with van der Waals surface area (Å²) in [7, 11) is 0. The van der Waals surface area contributed by atoms with Gasteiger partial charge in [-0.15, -0.1) is 0 Å². The summed E-state index contributed by atoms with van der Waals surface area (Å²) in [5.74, 6) is 0.131. The van der Waals surface area contributed by atoms with Gasteiger partial charge < -0.3 is 14.4 Å². The van der Waals surface area contributed by atoms with Crippen molar-refractivity contribution in [1.29, 1.82) is 5.26 Å². The molecule has 0 atom stereocenters. The smallest absolute Gasteiger partial charge is 0.344 e. The molecule has 1 amide bonds. The summed E-state index contributed by atoms with van der Waals surface area (Å²) in [5.41, 5.74) is 0.339. The lowest BCUT2D eigenvalue weighted by Crippen LogP contribution is -2.39. The molecule has 0 unspecified atom stereocenters. The predicted octanol–water partition coefficient (Wildman–Crippen LogP) is 2.62. The topological polar surface area (TPSA) is 79.6 Å². The van der Waals surface area contributed by atoms with Gasteiger partial charge in [-0.1, -0.05) is 39.8 Å². The second-order valence-corrected chi connectivity index (χ2v) is 6.64. The molecule has 1 rings (SSSR count). The maximum atomic E-state index is 12.3. The number of nitriles is 1. The molecule has 1 aromatic carbocycles. The van der Waals surface area contributed by atoms with Gasteiger partial charge in [0, 0.05) is 13.1 Å². The van der Waals surface area contributed by atoms with E-state index < -0.39 is 5.97 Å². The lowest BCUT2D eigenvalue weighted by atomic mass is 10.1. The van der Waals surface area contributed by atoms with E-state index in [1.54, 1.807) is 29.2 Å². The number of nitrogens with zero attached hydrogens (tertiary/aromatic N) is 2. The Kier molecular flexibility index (Phi) is 8.48. The van der Waals surface area contributed by atoms with Crippen LogP contribution in [0.1, 0.15) is 33.3 Å². The molecule has 0 aromatic heterocycles. The molecule has 0 saturated carbocycles. The van der Waals surface area contributed by atoms with Gasteiger partial charge in [0.15, 0.2) is 13.2 Å². The summed E-state index contributed by atoms with van der Waals surface area (Å²) >= 11 is 0. The van der Waals surface area contributed by atoms with Crippen molar-refractivity contribution in [2.45, 2.75) is 27.7 Å². The Morgan fingerprint density at radius 2 is 1.68 bits per heavy atom. The summed E-state index contributed by atoms with van der Waals surface area (Å²) in [6.07, 6.45) is 0. The first-order valence-electron chi connectivity index (χ1n) is 8.38. The number of hydrogen-bond acceptors (Lipinski definition) is 5. The summed E-state index contributed by atoms with van der Waals surface area (Å²) in [6, 6.07) is 8.60. The fourth-order valence-corrected chi connectivity index (χ4v) is 2.26. The van der Waals surface area contributed by atoms with E-state index in [0.717, 1.165) is 0 Å². The highest BCUT2D eigenvalue weighted by Crippen LogP contribution is 2.16. The number of esters is 1. The van der Waals surface area contributed by atoms with Crippen molar-refractivity contribution < 1.29 is 19.1 Å². The highest BCUT2D eigenvalue weighted by atomic mass is 16.6. The molecular formula is C19H26N2O4. The monoisotopic (exact) mass is 346 g/mol. The molecule has 0 radical (unpaired) electrons. The van der Waals surface area contributed by atoms with Gasteiger partial charge in [0.05, 0.1) is 5.56 Å². The first kappa shape index (κ1) is 20.5. The third-order valence-corrected chi connectivity index (χ3v) is 3.23. The van der Waals surface area contributed by atoms with Crippen molar-refractivity contribution >= 4 is 11.9 Å². The minimum atomic E-state index is -0.643. The van der Waals surface area contributed by atoms with E-state index in [9.17, 15) is 9.59 Å². The summed E-state index contributed by atoms with van der Waals surface area (Å²) in [4.78, 5) is 25.8. The molecule has 0 aliphatic rings. The SMILES string of the molecule is CC(C)CN(CC(C)C)C(=O)COC(=O)COc1ccccc1C#N. The third kappa shape index (κ3) is 7.71. The molecule has 0 spiro atoms. The second kappa shape index (κ2) is 10.3. The Balaban J connectivity index is 2.48. The Morgan fingerprint density at radius 1 is 1.08 bits per heavy atom. The molecular weight excluding hydrogens is 320 g/mol. The molecule has 0 aliphatic heterocycles. The van der Waals surface area contributed by atoms with E-state index >= 15 is 0 Å². The lowest BCUT2D eigenvalue weighted by Gasteiger charge is -2.26. The zero-order valence-corrected chi connectivity index (χ0v) is 15.3. The molecule has 0 heterocycles. The minimum Gasteiger partial charge on any atom is -0.481 e. The van der Waals surface area contributed by atoms with Crippen LogP contribution in [-0.2, 0) is 14.3 Å². The highest BCUT2D eigenvalue weighted by molar-refractivity contribution is 5.81. The number of benzene rings is 1. The molecule has 136 valence electrons. The van der Waals surface area contributed by atoms with Gasteiger partial charge in [0.2, 0.25) is 0 Å². The predicted molar refractivity (Wildman–Crippen MR) is 93.9 cm³/mol. The number of carbonyl (C=O) groups is 2. The number of amides is 1. The number of para-hydroxylation sites is 1. The van der Waals surface area contributed by atoms with Crippen LogP contribution in [0.3, 0.4) is 0 Å². The van der Waals surface area contributed by atoms with Gasteiger partial charge in [-0.2, -0.15) is 5.26 Å². The van der Waals surface area contributed by atoms with Crippen molar-refractivity contribution in [1.82, 2.24) is 4.90 Å². The molecule has 0 fully saturated rings. The molecule has 0 bridgehead atoms. The molecule has 6 nitrogen and oxygen atoms in total. The normalized spacial score (nSPS) is 10.4. The Hall–Kier alpha value is -2.55. The van der Waals surface area contributed by atoms with Crippen LogP contribution in [0.4, 0.5) is 0 Å². The highest BCUT2D eigenvalue weighted by Gasteiger charge is 2.18. The number of rotatable bonds is 9. The molecule has 0 N–H and O–H groups in total. The van der Waals surface area contributed by atoms with Crippen LogP contribution < -0.4 is 4.74 Å². The summed E-state index contributed by atoms with van der Waals surface area (Å²) < 4.78 is 10.3. The van der Waals surface area contributed by atoms with Crippen LogP contribution in [0.25, 0.3) is 0 Å². The summed E-state index contributed by atoms with van der Waals surface area (Å²) in [5, 5.41) is 8.97. The van der Waals surface area contributed by atoms with Gasteiger partial charge >= 0.3 is 5.97 Å². The van der Waals surface area contributed by atoms with Crippen LogP contribution in [0.5, 0.6) is 5.75 Å². The first-order chi connectivity index (χ1) is 11.8. The van der Waals surface area contributed by atoms with Crippen molar-refractivity contribution in [2.24, 2.45) is 11.8 Å². The van der Waals surface area contributed by atoms with Gasteiger partial charge in [-0.3, -0.25) is 4.79 Å². The molecule has 1 aromatic rings. The van der Waals surface area contributed by atoms with Crippen molar-refractivity contribution in [2.75, 3.05) is 26.3 Å². The van der Waals surface area contributed by atoms with E-state index in [-0.39, 0.29) is 19.1 Å². The quantitative estimate of drug-likeness (QED) is 0.642.